The Morgan fingerprint density at radius 1 is 0.319 bits per heavy atom. The van der Waals surface area contributed by atoms with Crippen molar-refractivity contribution in [1.82, 2.24) is 0 Å². The van der Waals surface area contributed by atoms with Crippen LogP contribution in [0.25, 0.3) is 32.7 Å². The van der Waals surface area contributed by atoms with Gasteiger partial charge in [-0.3, -0.25) is 0 Å². The number of nitrogens with zero attached hydrogens (tertiary/aromatic N) is 2. The molecule has 0 saturated carbocycles. The van der Waals surface area contributed by atoms with Crippen LogP contribution < -0.4 is 9.80 Å². The molecule has 0 aliphatic rings. The number of rotatable bonds is 7. The minimum atomic E-state index is 1.12. The number of para-hydroxylation sites is 2. The highest BCUT2D eigenvalue weighted by Gasteiger charge is 2.17. The Balaban J connectivity index is 1.16. The lowest BCUT2D eigenvalue weighted by molar-refractivity contribution is 1.29. The van der Waals surface area contributed by atoms with Crippen LogP contribution in [-0.2, 0) is 0 Å². The normalized spacial score (nSPS) is 11.1. The van der Waals surface area contributed by atoms with Gasteiger partial charge in [0.05, 0.1) is 11.4 Å². The van der Waals surface area contributed by atoms with Crippen LogP contribution in [0.2, 0.25) is 0 Å². The van der Waals surface area contributed by atoms with E-state index in [1.165, 1.54) is 43.9 Å². The van der Waals surface area contributed by atoms with Crippen molar-refractivity contribution < 1.29 is 0 Å². The first-order valence-electron chi connectivity index (χ1n) is 16.1. The lowest BCUT2D eigenvalue weighted by Gasteiger charge is -2.27. The molecule has 0 aliphatic carbocycles. The molecule has 0 spiro atoms. The maximum atomic E-state index is 2.35. The lowest BCUT2D eigenvalue weighted by atomic mass is 10.0. The Morgan fingerprint density at radius 3 is 1.30 bits per heavy atom. The minimum absolute atomic E-state index is 1.12. The monoisotopic (exact) mass is 602 g/mol. The fourth-order valence-corrected chi connectivity index (χ4v) is 6.60. The van der Waals surface area contributed by atoms with Crippen LogP contribution in [0.5, 0.6) is 0 Å². The van der Waals surface area contributed by atoms with E-state index in [2.05, 4.69) is 205 Å². The zero-order chi connectivity index (χ0) is 31.6. The van der Waals surface area contributed by atoms with Crippen LogP contribution in [0.1, 0.15) is 5.56 Å². The molecule has 224 valence electrons. The fraction of sp³-hybridized carbons (Fsp3) is 0.0222. The minimum Gasteiger partial charge on any atom is -0.310 e. The van der Waals surface area contributed by atoms with Gasteiger partial charge in [-0.15, -0.1) is 0 Å². The molecule has 0 unspecified atom stereocenters. The summed E-state index contributed by atoms with van der Waals surface area (Å²) in [7, 11) is 0. The van der Waals surface area contributed by atoms with Crippen molar-refractivity contribution in [2.75, 3.05) is 9.80 Å². The van der Waals surface area contributed by atoms with Gasteiger partial charge < -0.3 is 9.80 Å². The molecule has 2 heteroatoms. The van der Waals surface area contributed by atoms with Gasteiger partial charge in [0.1, 0.15) is 0 Å². The molecule has 0 heterocycles. The maximum Gasteiger partial charge on any atom is 0.0540 e. The number of aryl methyl sites for hydroxylation is 1. The standard InChI is InChI=1S/C45H34N2/c1-33-22-31-43-37(32-33)14-11-21-45(43)47(39-17-6-3-7-18-39)41-29-25-35(26-30-41)34-23-27-40(28-24-34)46(38-15-4-2-5-16-38)44-20-10-13-36-12-8-9-19-42(36)44/h2-32H,1H3. The predicted molar refractivity (Wildman–Crippen MR) is 201 cm³/mol. The number of hydrogen-bond acceptors (Lipinski definition) is 2. The largest absolute Gasteiger partial charge is 0.310 e. The number of fused-ring (bicyclic) bond motifs is 2. The SMILES string of the molecule is Cc1ccc2c(N(c3ccccc3)c3ccc(-c4ccc(N(c5ccccc5)c5cccc6ccccc56)cc4)cc3)cccc2c1. The van der Waals surface area contributed by atoms with E-state index in [-0.39, 0.29) is 0 Å². The van der Waals surface area contributed by atoms with Gasteiger partial charge in [-0.25, -0.2) is 0 Å². The number of benzene rings is 8. The van der Waals surface area contributed by atoms with E-state index < -0.39 is 0 Å². The van der Waals surface area contributed by atoms with E-state index >= 15 is 0 Å². The van der Waals surface area contributed by atoms with Gasteiger partial charge in [-0.05, 0) is 89.5 Å². The summed E-state index contributed by atoms with van der Waals surface area (Å²) in [6, 6.07) is 67.4. The van der Waals surface area contributed by atoms with Crippen molar-refractivity contribution in [3.05, 3.63) is 194 Å². The van der Waals surface area contributed by atoms with Gasteiger partial charge in [0.2, 0.25) is 0 Å². The molecular formula is C45H34N2. The molecule has 47 heavy (non-hydrogen) atoms. The average molecular weight is 603 g/mol. The van der Waals surface area contributed by atoms with Crippen LogP contribution in [0, 0.1) is 6.92 Å². The molecule has 8 aromatic carbocycles. The highest BCUT2D eigenvalue weighted by Crippen LogP contribution is 2.41. The Hall–Kier alpha value is -6.12. The second kappa shape index (κ2) is 12.3. The highest BCUT2D eigenvalue weighted by atomic mass is 15.1. The van der Waals surface area contributed by atoms with Crippen molar-refractivity contribution in [2.45, 2.75) is 6.92 Å². The molecule has 0 fully saturated rings. The Labute approximate surface area is 276 Å². The molecule has 0 N–H and O–H groups in total. The zero-order valence-electron chi connectivity index (χ0n) is 26.3. The third-order valence-corrected chi connectivity index (χ3v) is 8.87. The zero-order valence-corrected chi connectivity index (χ0v) is 26.3. The predicted octanol–water partition coefficient (Wildman–Crippen LogP) is 12.9. The van der Waals surface area contributed by atoms with Gasteiger partial charge in [0.15, 0.2) is 0 Å². The molecule has 0 atom stereocenters. The van der Waals surface area contributed by atoms with E-state index in [9.17, 15) is 0 Å². The summed E-state index contributed by atoms with van der Waals surface area (Å²) in [6.07, 6.45) is 0. The van der Waals surface area contributed by atoms with Crippen LogP contribution in [-0.4, -0.2) is 0 Å². The Bertz CT molecular complexity index is 2290. The fourth-order valence-electron chi connectivity index (χ4n) is 6.60. The maximum absolute atomic E-state index is 2.35. The van der Waals surface area contributed by atoms with Crippen LogP contribution in [0.3, 0.4) is 0 Å². The summed E-state index contributed by atoms with van der Waals surface area (Å²) >= 11 is 0. The third-order valence-electron chi connectivity index (χ3n) is 8.87. The summed E-state index contributed by atoms with van der Waals surface area (Å²) in [5, 5.41) is 4.93. The Morgan fingerprint density at radius 2 is 0.745 bits per heavy atom. The lowest BCUT2D eigenvalue weighted by Crippen LogP contribution is -2.10. The van der Waals surface area contributed by atoms with Crippen molar-refractivity contribution >= 4 is 55.7 Å². The second-order valence-corrected chi connectivity index (χ2v) is 11.9. The first-order valence-corrected chi connectivity index (χ1v) is 16.1. The van der Waals surface area contributed by atoms with E-state index in [0.717, 1.165) is 28.4 Å². The van der Waals surface area contributed by atoms with Crippen molar-refractivity contribution in [2.24, 2.45) is 0 Å². The Kier molecular flexibility index (Phi) is 7.45. The van der Waals surface area contributed by atoms with Gasteiger partial charge in [-0.2, -0.15) is 0 Å². The van der Waals surface area contributed by atoms with Crippen LogP contribution in [0.15, 0.2) is 188 Å². The molecule has 0 bridgehead atoms. The first kappa shape index (κ1) is 28.4. The molecule has 2 nitrogen and oxygen atoms in total. The van der Waals surface area contributed by atoms with Gasteiger partial charge >= 0.3 is 0 Å². The van der Waals surface area contributed by atoms with Gasteiger partial charge in [0, 0.05) is 33.5 Å². The summed E-state index contributed by atoms with van der Waals surface area (Å²) in [5.41, 5.74) is 10.5. The van der Waals surface area contributed by atoms with E-state index in [1.54, 1.807) is 0 Å². The van der Waals surface area contributed by atoms with Crippen LogP contribution >= 0.6 is 0 Å². The molecule has 0 amide bonds. The first-order chi connectivity index (χ1) is 23.2. The molecule has 8 aromatic rings. The molecule has 0 radical (unpaired) electrons. The van der Waals surface area contributed by atoms with E-state index in [4.69, 9.17) is 0 Å². The number of hydrogen-bond donors (Lipinski definition) is 0. The second-order valence-electron chi connectivity index (χ2n) is 11.9. The van der Waals surface area contributed by atoms with E-state index in [0.29, 0.717) is 0 Å². The topological polar surface area (TPSA) is 6.48 Å². The molecular weight excluding hydrogens is 569 g/mol. The summed E-state index contributed by atoms with van der Waals surface area (Å²) in [5.74, 6) is 0. The van der Waals surface area contributed by atoms with Crippen molar-refractivity contribution in [3.8, 4) is 11.1 Å². The summed E-state index contributed by atoms with van der Waals surface area (Å²) < 4.78 is 0. The van der Waals surface area contributed by atoms with E-state index in [1.807, 2.05) is 0 Å². The van der Waals surface area contributed by atoms with Gasteiger partial charge in [0.25, 0.3) is 0 Å². The van der Waals surface area contributed by atoms with Gasteiger partial charge in [-0.1, -0.05) is 133 Å². The molecule has 8 rings (SSSR count). The summed E-state index contributed by atoms with van der Waals surface area (Å²) in [6.45, 7) is 2.15. The average Bonchev–Trinajstić information content (AvgIpc) is 3.13. The molecule has 0 aliphatic heterocycles. The number of anilines is 6. The van der Waals surface area contributed by atoms with Crippen molar-refractivity contribution in [3.63, 3.8) is 0 Å². The third kappa shape index (κ3) is 5.51. The quantitative estimate of drug-likeness (QED) is 0.179. The smallest absolute Gasteiger partial charge is 0.0540 e. The van der Waals surface area contributed by atoms with Crippen molar-refractivity contribution in [1.29, 1.82) is 0 Å². The molecule has 0 aromatic heterocycles. The molecule has 0 saturated heterocycles. The summed E-state index contributed by atoms with van der Waals surface area (Å²) in [4.78, 5) is 4.70. The van der Waals surface area contributed by atoms with Crippen LogP contribution in [0.4, 0.5) is 34.1 Å². The highest BCUT2D eigenvalue weighted by molar-refractivity contribution is 6.00.